The summed E-state index contributed by atoms with van der Waals surface area (Å²) >= 11 is 0. The summed E-state index contributed by atoms with van der Waals surface area (Å²) in [6.07, 6.45) is 3.87. The highest BCUT2D eigenvalue weighted by Gasteiger charge is 2.02. The first-order valence-electron chi connectivity index (χ1n) is 5.63. The van der Waals surface area contributed by atoms with Crippen LogP contribution in [0.1, 0.15) is 30.9 Å². The van der Waals surface area contributed by atoms with E-state index in [0.29, 0.717) is 13.0 Å². The van der Waals surface area contributed by atoms with Crippen molar-refractivity contribution in [1.29, 1.82) is 0 Å². The normalized spacial score (nSPS) is 9.81. The van der Waals surface area contributed by atoms with Crippen LogP contribution >= 0.6 is 0 Å². The summed E-state index contributed by atoms with van der Waals surface area (Å²) in [5.74, 6) is -0.116. The standard InChI is InChI=1S/C14H18O2/c1-3-11-16-14(15)10-9-13-7-5-12(4-2)6-8-13/h4-8H,2-3,9-11H2,1H3. The fourth-order valence-corrected chi connectivity index (χ4v) is 1.35. The lowest BCUT2D eigenvalue weighted by Crippen LogP contribution is -2.06. The molecule has 0 aromatic heterocycles. The van der Waals surface area contributed by atoms with E-state index in [1.54, 1.807) is 6.08 Å². The van der Waals surface area contributed by atoms with Gasteiger partial charge in [-0.3, -0.25) is 4.79 Å². The maximum absolute atomic E-state index is 11.3. The van der Waals surface area contributed by atoms with Gasteiger partial charge in [0.1, 0.15) is 0 Å². The monoisotopic (exact) mass is 218 g/mol. The molecule has 0 atom stereocenters. The molecule has 16 heavy (non-hydrogen) atoms. The van der Waals surface area contributed by atoms with Gasteiger partial charge in [-0.2, -0.15) is 0 Å². The van der Waals surface area contributed by atoms with Crippen LogP contribution in [0, 0.1) is 0 Å². The second-order valence-corrected chi connectivity index (χ2v) is 3.67. The van der Waals surface area contributed by atoms with Crippen LogP contribution in [0.5, 0.6) is 0 Å². The van der Waals surface area contributed by atoms with Crippen LogP contribution in [-0.2, 0) is 16.0 Å². The van der Waals surface area contributed by atoms with Crippen LogP contribution in [-0.4, -0.2) is 12.6 Å². The number of ether oxygens (including phenoxy) is 1. The lowest BCUT2D eigenvalue weighted by Gasteiger charge is -2.03. The Labute approximate surface area is 96.9 Å². The van der Waals surface area contributed by atoms with E-state index in [0.717, 1.165) is 24.0 Å². The van der Waals surface area contributed by atoms with E-state index in [9.17, 15) is 4.79 Å². The zero-order chi connectivity index (χ0) is 11.8. The molecule has 0 heterocycles. The molecule has 0 saturated carbocycles. The highest BCUT2D eigenvalue weighted by atomic mass is 16.5. The minimum absolute atomic E-state index is 0.116. The minimum atomic E-state index is -0.116. The molecular formula is C14H18O2. The van der Waals surface area contributed by atoms with Crippen LogP contribution < -0.4 is 0 Å². The Kier molecular flexibility index (Phi) is 5.34. The molecule has 0 N–H and O–H groups in total. The average molecular weight is 218 g/mol. The third-order valence-electron chi connectivity index (χ3n) is 2.30. The van der Waals surface area contributed by atoms with Crippen molar-refractivity contribution in [2.24, 2.45) is 0 Å². The number of esters is 1. The number of hydrogen-bond acceptors (Lipinski definition) is 2. The van der Waals surface area contributed by atoms with E-state index in [1.807, 2.05) is 31.2 Å². The molecule has 0 amide bonds. The van der Waals surface area contributed by atoms with Gasteiger partial charge in [0.15, 0.2) is 0 Å². The molecule has 2 heteroatoms. The molecule has 1 aromatic rings. The van der Waals surface area contributed by atoms with E-state index in [4.69, 9.17) is 4.74 Å². The van der Waals surface area contributed by atoms with Crippen LogP contribution in [0.15, 0.2) is 30.8 Å². The number of hydrogen-bond donors (Lipinski definition) is 0. The summed E-state index contributed by atoms with van der Waals surface area (Å²) in [6, 6.07) is 8.04. The lowest BCUT2D eigenvalue weighted by molar-refractivity contribution is -0.143. The van der Waals surface area contributed by atoms with Crippen LogP contribution in [0.3, 0.4) is 0 Å². The van der Waals surface area contributed by atoms with E-state index in [-0.39, 0.29) is 5.97 Å². The smallest absolute Gasteiger partial charge is 0.306 e. The van der Waals surface area contributed by atoms with E-state index >= 15 is 0 Å². The first kappa shape index (κ1) is 12.5. The molecule has 0 aliphatic heterocycles. The number of aryl methyl sites for hydroxylation is 1. The predicted molar refractivity (Wildman–Crippen MR) is 66.1 cm³/mol. The van der Waals surface area contributed by atoms with Crippen molar-refractivity contribution in [3.05, 3.63) is 42.0 Å². The van der Waals surface area contributed by atoms with Crippen molar-refractivity contribution in [2.45, 2.75) is 26.2 Å². The van der Waals surface area contributed by atoms with E-state index in [2.05, 4.69) is 6.58 Å². The molecule has 0 radical (unpaired) electrons. The summed E-state index contributed by atoms with van der Waals surface area (Å²) < 4.78 is 5.00. The van der Waals surface area contributed by atoms with Crippen molar-refractivity contribution in [3.8, 4) is 0 Å². The summed E-state index contributed by atoms with van der Waals surface area (Å²) in [6.45, 7) is 6.20. The molecular weight excluding hydrogens is 200 g/mol. The van der Waals surface area contributed by atoms with Gasteiger partial charge in [-0.1, -0.05) is 43.8 Å². The van der Waals surface area contributed by atoms with Gasteiger partial charge in [-0.15, -0.1) is 0 Å². The quantitative estimate of drug-likeness (QED) is 0.685. The van der Waals surface area contributed by atoms with E-state index < -0.39 is 0 Å². The van der Waals surface area contributed by atoms with E-state index in [1.165, 1.54) is 0 Å². The number of carbonyl (C=O) groups excluding carboxylic acids is 1. The Morgan fingerprint density at radius 1 is 1.38 bits per heavy atom. The predicted octanol–water partition coefficient (Wildman–Crippen LogP) is 3.22. The van der Waals surface area contributed by atoms with Gasteiger partial charge in [-0.25, -0.2) is 0 Å². The summed E-state index contributed by atoms with van der Waals surface area (Å²) in [5, 5.41) is 0. The SMILES string of the molecule is C=Cc1ccc(CCC(=O)OCCC)cc1. The van der Waals surface area contributed by atoms with Crippen molar-refractivity contribution in [3.63, 3.8) is 0 Å². The summed E-state index contributed by atoms with van der Waals surface area (Å²) in [4.78, 5) is 11.3. The Balaban J connectivity index is 2.36. The first-order chi connectivity index (χ1) is 7.76. The van der Waals surface area contributed by atoms with Crippen molar-refractivity contribution < 1.29 is 9.53 Å². The second kappa shape index (κ2) is 6.83. The van der Waals surface area contributed by atoms with Gasteiger partial charge in [0, 0.05) is 6.42 Å². The molecule has 1 aromatic carbocycles. The molecule has 0 saturated heterocycles. The highest BCUT2D eigenvalue weighted by Crippen LogP contribution is 2.08. The highest BCUT2D eigenvalue weighted by molar-refractivity contribution is 5.69. The number of benzene rings is 1. The molecule has 2 nitrogen and oxygen atoms in total. The average Bonchev–Trinajstić information content (AvgIpc) is 2.34. The van der Waals surface area contributed by atoms with Crippen LogP contribution in [0.4, 0.5) is 0 Å². The van der Waals surface area contributed by atoms with Crippen molar-refractivity contribution in [1.82, 2.24) is 0 Å². The molecule has 1 rings (SSSR count). The second-order valence-electron chi connectivity index (χ2n) is 3.67. The summed E-state index contributed by atoms with van der Waals surface area (Å²) in [7, 11) is 0. The molecule has 86 valence electrons. The third kappa shape index (κ3) is 4.30. The Bertz CT molecular complexity index is 338. The lowest BCUT2D eigenvalue weighted by atomic mass is 10.1. The van der Waals surface area contributed by atoms with Gasteiger partial charge in [0.05, 0.1) is 6.61 Å². The topological polar surface area (TPSA) is 26.3 Å². The molecule has 0 spiro atoms. The van der Waals surface area contributed by atoms with Crippen LogP contribution in [0.25, 0.3) is 6.08 Å². The number of rotatable bonds is 6. The van der Waals surface area contributed by atoms with Gasteiger partial charge >= 0.3 is 5.97 Å². The van der Waals surface area contributed by atoms with Crippen molar-refractivity contribution in [2.75, 3.05) is 6.61 Å². The Morgan fingerprint density at radius 2 is 2.06 bits per heavy atom. The van der Waals surface area contributed by atoms with Gasteiger partial charge < -0.3 is 4.74 Å². The fraction of sp³-hybridized carbons (Fsp3) is 0.357. The molecule has 0 fully saturated rings. The number of carbonyl (C=O) groups is 1. The Hall–Kier alpha value is -1.57. The molecule has 0 aliphatic rings. The maximum Gasteiger partial charge on any atom is 0.306 e. The van der Waals surface area contributed by atoms with Gasteiger partial charge in [-0.05, 0) is 24.0 Å². The largest absolute Gasteiger partial charge is 0.466 e. The maximum atomic E-state index is 11.3. The zero-order valence-electron chi connectivity index (χ0n) is 9.74. The summed E-state index contributed by atoms with van der Waals surface area (Å²) in [5.41, 5.74) is 2.25. The first-order valence-corrected chi connectivity index (χ1v) is 5.63. The minimum Gasteiger partial charge on any atom is -0.466 e. The van der Waals surface area contributed by atoms with Gasteiger partial charge in [0.2, 0.25) is 0 Å². The van der Waals surface area contributed by atoms with Gasteiger partial charge in [0.25, 0.3) is 0 Å². The van der Waals surface area contributed by atoms with Crippen LogP contribution in [0.2, 0.25) is 0 Å². The Morgan fingerprint density at radius 3 is 2.62 bits per heavy atom. The fourth-order valence-electron chi connectivity index (χ4n) is 1.35. The molecule has 0 aliphatic carbocycles. The zero-order valence-corrected chi connectivity index (χ0v) is 9.74. The third-order valence-corrected chi connectivity index (χ3v) is 2.30. The molecule has 0 unspecified atom stereocenters. The van der Waals surface area contributed by atoms with Crippen molar-refractivity contribution >= 4 is 12.0 Å². The molecule has 0 bridgehead atoms.